The van der Waals surface area contributed by atoms with Crippen LogP contribution in [-0.2, 0) is 17.9 Å². The van der Waals surface area contributed by atoms with Gasteiger partial charge in [0.05, 0.1) is 12.6 Å². The van der Waals surface area contributed by atoms with Crippen LogP contribution in [0.1, 0.15) is 18.3 Å². The molecular weight excluding hydrogens is 306 g/mol. The fourth-order valence-corrected chi connectivity index (χ4v) is 2.61. The van der Waals surface area contributed by atoms with Crippen LogP contribution < -0.4 is 16.0 Å². The van der Waals surface area contributed by atoms with Crippen LogP contribution in [0.4, 0.5) is 17.6 Å². The van der Waals surface area contributed by atoms with E-state index in [1.54, 1.807) is 4.90 Å². The summed E-state index contributed by atoms with van der Waals surface area (Å²) in [6, 6.07) is 7.49. The van der Waals surface area contributed by atoms with Crippen LogP contribution in [0.3, 0.4) is 0 Å². The number of nitrogens with two attached hydrogens (primary N) is 1. The molecule has 0 radical (unpaired) electrons. The molecule has 126 valence electrons. The average molecular weight is 327 g/mol. The molecule has 2 aromatic rings. The number of rotatable bonds is 3. The Morgan fingerprint density at radius 2 is 2.04 bits per heavy atom. The first kappa shape index (κ1) is 16.1. The predicted octanol–water partition coefficient (Wildman–Crippen LogP) is 0.863. The van der Waals surface area contributed by atoms with Gasteiger partial charge in [-0.2, -0.15) is 15.0 Å². The molecule has 1 aliphatic rings. The Morgan fingerprint density at radius 1 is 1.29 bits per heavy atom. The van der Waals surface area contributed by atoms with E-state index in [9.17, 15) is 4.79 Å². The Balaban J connectivity index is 1.90. The minimum atomic E-state index is -0.307. The molecule has 0 spiro atoms. The largest absolute Gasteiger partial charge is 0.368 e. The van der Waals surface area contributed by atoms with Gasteiger partial charge in [0, 0.05) is 26.3 Å². The van der Waals surface area contributed by atoms with Gasteiger partial charge in [-0.1, -0.05) is 18.2 Å². The molecule has 3 N–H and O–H groups in total. The highest BCUT2D eigenvalue weighted by Gasteiger charge is 2.27. The van der Waals surface area contributed by atoms with Crippen molar-refractivity contribution in [3.05, 3.63) is 35.7 Å². The third-order valence-corrected chi connectivity index (χ3v) is 4.01. The predicted molar refractivity (Wildman–Crippen MR) is 92.3 cm³/mol. The van der Waals surface area contributed by atoms with Crippen molar-refractivity contribution in [2.24, 2.45) is 0 Å². The van der Waals surface area contributed by atoms with E-state index in [2.05, 4.69) is 20.3 Å². The summed E-state index contributed by atoms with van der Waals surface area (Å²) in [5.74, 6) is 1.18. The van der Waals surface area contributed by atoms with Crippen LogP contribution in [0, 0.1) is 0 Å². The van der Waals surface area contributed by atoms with Crippen LogP contribution in [0.25, 0.3) is 0 Å². The summed E-state index contributed by atoms with van der Waals surface area (Å²) in [4.78, 5) is 28.9. The van der Waals surface area contributed by atoms with Crippen molar-refractivity contribution >= 4 is 23.5 Å². The van der Waals surface area contributed by atoms with Crippen molar-refractivity contribution in [2.45, 2.75) is 26.1 Å². The number of para-hydroxylation sites is 1. The number of benzene rings is 1. The smallest absolute Gasteiger partial charge is 0.241 e. The van der Waals surface area contributed by atoms with Crippen molar-refractivity contribution in [1.29, 1.82) is 0 Å². The highest BCUT2D eigenvalue weighted by molar-refractivity contribution is 5.95. The number of nitrogens with one attached hydrogen (secondary N) is 1. The van der Waals surface area contributed by atoms with Gasteiger partial charge >= 0.3 is 0 Å². The molecule has 0 saturated carbocycles. The maximum atomic E-state index is 12.4. The highest BCUT2D eigenvalue weighted by Crippen LogP contribution is 2.24. The van der Waals surface area contributed by atoms with Gasteiger partial charge in [-0.25, -0.2) is 0 Å². The van der Waals surface area contributed by atoms with E-state index in [4.69, 9.17) is 5.73 Å². The summed E-state index contributed by atoms with van der Waals surface area (Å²) in [5, 5.41) is 2.96. The molecule has 0 saturated heterocycles. The monoisotopic (exact) mass is 327 g/mol. The van der Waals surface area contributed by atoms with Crippen LogP contribution >= 0.6 is 0 Å². The molecule has 0 aliphatic carbocycles. The highest BCUT2D eigenvalue weighted by atomic mass is 16.2. The second-order valence-corrected chi connectivity index (χ2v) is 6.03. The first-order chi connectivity index (χ1) is 11.4. The Labute approximate surface area is 140 Å². The van der Waals surface area contributed by atoms with Gasteiger partial charge in [0.2, 0.25) is 17.8 Å². The average Bonchev–Trinajstić information content (AvgIpc) is 2.65. The van der Waals surface area contributed by atoms with Gasteiger partial charge in [0.15, 0.2) is 0 Å². The lowest BCUT2D eigenvalue weighted by molar-refractivity contribution is -0.120. The van der Waals surface area contributed by atoms with E-state index in [1.165, 1.54) is 0 Å². The van der Waals surface area contributed by atoms with Crippen LogP contribution in [0.2, 0.25) is 0 Å². The zero-order chi connectivity index (χ0) is 17.3. The van der Waals surface area contributed by atoms with E-state index in [0.29, 0.717) is 24.9 Å². The standard InChI is InChI=1S/C16H21N7O/c1-10-14(24)18-12-7-5-4-6-11(12)8-23(10)9-13-19-15(17)21-16(20-13)22(2)3/h4-7,10H,8-9H2,1-3H3,(H,18,24)(H2,17,19,20,21). The summed E-state index contributed by atoms with van der Waals surface area (Å²) < 4.78 is 0. The summed E-state index contributed by atoms with van der Waals surface area (Å²) in [6.07, 6.45) is 0. The maximum Gasteiger partial charge on any atom is 0.241 e. The molecule has 2 heterocycles. The van der Waals surface area contributed by atoms with Crippen molar-refractivity contribution in [1.82, 2.24) is 19.9 Å². The topological polar surface area (TPSA) is 100 Å². The van der Waals surface area contributed by atoms with Crippen molar-refractivity contribution in [2.75, 3.05) is 30.0 Å². The van der Waals surface area contributed by atoms with Crippen molar-refractivity contribution in [3.8, 4) is 0 Å². The third kappa shape index (κ3) is 3.28. The van der Waals surface area contributed by atoms with E-state index in [0.717, 1.165) is 11.3 Å². The van der Waals surface area contributed by atoms with Crippen LogP contribution in [-0.4, -0.2) is 45.9 Å². The minimum Gasteiger partial charge on any atom is -0.368 e. The van der Waals surface area contributed by atoms with E-state index in [1.807, 2.05) is 50.2 Å². The Morgan fingerprint density at radius 3 is 2.79 bits per heavy atom. The lowest BCUT2D eigenvalue weighted by Gasteiger charge is -2.25. The summed E-state index contributed by atoms with van der Waals surface area (Å²) >= 11 is 0. The van der Waals surface area contributed by atoms with Crippen molar-refractivity contribution < 1.29 is 4.79 Å². The van der Waals surface area contributed by atoms with E-state index in [-0.39, 0.29) is 17.9 Å². The number of nitrogen functional groups attached to an aromatic ring is 1. The zero-order valence-corrected chi connectivity index (χ0v) is 14.0. The minimum absolute atomic E-state index is 0.0465. The molecule has 1 aromatic heterocycles. The summed E-state index contributed by atoms with van der Waals surface area (Å²) in [7, 11) is 3.69. The van der Waals surface area contributed by atoms with Gasteiger partial charge in [0.1, 0.15) is 5.82 Å². The molecule has 1 aliphatic heterocycles. The first-order valence-corrected chi connectivity index (χ1v) is 7.74. The van der Waals surface area contributed by atoms with Gasteiger partial charge in [-0.05, 0) is 18.6 Å². The van der Waals surface area contributed by atoms with Gasteiger partial charge in [-0.15, -0.1) is 0 Å². The molecule has 0 fully saturated rings. The first-order valence-electron chi connectivity index (χ1n) is 7.74. The maximum absolute atomic E-state index is 12.4. The van der Waals surface area contributed by atoms with E-state index < -0.39 is 0 Å². The molecular formula is C16H21N7O. The van der Waals surface area contributed by atoms with Gasteiger partial charge < -0.3 is 16.0 Å². The van der Waals surface area contributed by atoms with Crippen LogP contribution in [0.5, 0.6) is 0 Å². The molecule has 8 heteroatoms. The second kappa shape index (κ2) is 6.40. The number of nitrogens with zero attached hydrogens (tertiary/aromatic N) is 5. The quantitative estimate of drug-likeness (QED) is 0.862. The zero-order valence-electron chi connectivity index (χ0n) is 14.0. The Kier molecular flexibility index (Phi) is 4.30. The molecule has 1 atom stereocenters. The fourth-order valence-electron chi connectivity index (χ4n) is 2.61. The molecule has 1 aromatic carbocycles. The SMILES string of the molecule is CC1C(=O)Nc2ccccc2CN1Cc1nc(N)nc(N(C)C)n1. The molecule has 1 unspecified atom stereocenters. The van der Waals surface area contributed by atoms with Gasteiger partial charge in [0.25, 0.3) is 0 Å². The number of carbonyl (C=O) groups excluding carboxylic acids is 1. The lowest BCUT2D eigenvalue weighted by atomic mass is 10.1. The lowest BCUT2D eigenvalue weighted by Crippen LogP contribution is -2.39. The van der Waals surface area contributed by atoms with Gasteiger partial charge in [-0.3, -0.25) is 9.69 Å². The van der Waals surface area contributed by atoms with E-state index >= 15 is 0 Å². The number of aromatic nitrogens is 3. The number of hydrogen-bond acceptors (Lipinski definition) is 7. The Bertz CT molecular complexity index is 762. The molecule has 8 nitrogen and oxygen atoms in total. The normalized spacial score (nSPS) is 17.8. The third-order valence-electron chi connectivity index (χ3n) is 4.01. The number of fused-ring (bicyclic) bond motifs is 1. The number of carbonyl (C=O) groups is 1. The second-order valence-electron chi connectivity index (χ2n) is 6.03. The van der Waals surface area contributed by atoms with Crippen LogP contribution in [0.15, 0.2) is 24.3 Å². The summed E-state index contributed by atoms with van der Waals surface area (Å²) in [6.45, 7) is 2.91. The number of anilines is 3. The fraction of sp³-hybridized carbons (Fsp3) is 0.375. The summed E-state index contributed by atoms with van der Waals surface area (Å²) in [5.41, 5.74) is 7.69. The number of hydrogen-bond donors (Lipinski definition) is 2. The number of amides is 1. The van der Waals surface area contributed by atoms with Crippen molar-refractivity contribution in [3.63, 3.8) is 0 Å². The molecule has 3 rings (SSSR count). The molecule has 1 amide bonds. The molecule has 24 heavy (non-hydrogen) atoms. The molecule has 0 bridgehead atoms. The Hall–Kier alpha value is -2.74.